The zero-order valence-corrected chi connectivity index (χ0v) is 31.3. The van der Waals surface area contributed by atoms with E-state index in [9.17, 15) is 36.0 Å². The highest BCUT2D eigenvalue weighted by atomic mass is 35.5. The highest BCUT2D eigenvalue weighted by Crippen LogP contribution is 2.25. The normalized spacial score (nSPS) is 13.7. The number of ketones is 2. The molecule has 2 saturated heterocycles. The summed E-state index contributed by atoms with van der Waals surface area (Å²) in [6.45, 7) is 4.00. The van der Waals surface area contributed by atoms with Crippen molar-refractivity contribution in [2.45, 2.75) is 42.9 Å². The Hall–Kier alpha value is -4.48. The van der Waals surface area contributed by atoms with E-state index < -0.39 is 31.8 Å². The van der Waals surface area contributed by atoms with Crippen LogP contribution in [0.1, 0.15) is 85.7 Å². The minimum atomic E-state index is -4.05. The summed E-state index contributed by atoms with van der Waals surface area (Å²) in [4.78, 5) is 49.1. The van der Waals surface area contributed by atoms with Crippen LogP contribution in [-0.4, -0.2) is 76.5 Å². The molecule has 17 heteroatoms. The molecule has 2 aliphatic heterocycles. The summed E-state index contributed by atoms with van der Waals surface area (Å²) in [5.41, 5.74) is 1.34. The van der Waals surface area contributed by atoms with Gasteiger partial charge in [-0.1, -0.05) is 54.9 Å². The number of amides is 1. The average Bonchev–Trinajstić information content (AvgIpc) is 3.89. The molecular formula is C37H40Cl2N4O9S2. The van der Waals surface area contributed by atoms with E-state index in [1.807, 2.05) is 0 Å². The Morgan fingerprint density at radius 2 is 0.926 bits per heavy atom. The fourth-order valence-electron chi connectivity index (χ4n) is 5.31. The second-order valence-electron chi connectivity index (χ2n) is 12.0. The van der Waals surface area contributed by atoms with Gasteiger partial charge in [-0.15, -0.1) is 0 Å². The first kappa shape index (κ1) is 43.9. The van der Waals surface area contributed by atoms with E-state index in [4.69, 9.17) is 38.6 Å². The van der Waals surface area contributed by atoms with E-state index in [0.717, 1.165) is 38.1 Å². The molecule has 0 atom stereocenters. The third kappa shape index (κ3) is 11.8. The van der Waals surface area contributed by atoms with Crippen LogP contribution in [0.5, 0.6) is 0 Å². The van der Waals surface area contributed by atoms with Gasteiger partial charge in [-0.3, -0.25) is 14.4 Å². The Labute approximate surface area is 324 Å². The van der Waals surface area contributed by atoms with Crippen molar-refractivity contribution in [2.24, 2.45) is 10.3 Å². The highest BCUT2D eigenvalue weighted by molar-refractivity contribution is 7.89. The average molecular weight is 820 g/mol. The molecule has 2 heterocycles. The second kappa shape index (κ2) is 19.2. The van der Waals surface area contributed by atoms with Gasteiger partial charge >= 0.3 is 5.97 Å². The molecule has 0 unspecified atom stereocenters. The zero-order valence-electron chi connectivity index (χ0n) is 28.1. The SMILES string of the molecule is C.C1CCNC1.NS(=O)(=O)c1cc(C(=O)c2ccc(C(=O)N3CCCC3)cc2)ccc1Cl.NS(=O)(=O)c1cc(C(=O)c2ccc(C(=O)O)cc2)ccc1Cl. The summed E-state index contributed by atoms with van der Waals surface area (Å²) in [7, 11) is -8.09. The molecule has 6 N–H and O–H groups in total. The van der Waals surface area contributed by atoms with E-state index in [2.05, 4.69) is 5.32 Å². The summed E-state index contributed by atoms with van der Waals surface area (Å²) < 4.78 is 45.9. The largest absolute Gasteiger partial charge is 0.478 e. The van der Waals surface area contributed by atoms with Crippen molar-refractivity contribution >= 4 is 66.7 Å². The summed E-state index contributed by atoms with van der Waals surface area (Å²) in [5, 5.41) is 22.0. The maximum absolute atomic E-state index is 12.6. The fourth-order valence-corrected chi connectivity index (χ4v) is 7.46. The van der Waals surface area contributed by atoms with Gasteiger partial charge < -0.3 is 15.3 Å². The summed E-state index contributed by atoms with van der Waals surface area (Å²) in [6.07, 6.45) is 4.79. The van der Waals surface area contributed by atoms with E-state index in [0.29, 0.717) is 11.1 Å². The smallest absolute Gasteiger partial charge is 0.335 e. The van der Waals surface area contributed by atoms with Crippen molar-refractivity contribution in [3.63, 3.8) is 0 Å². The van der Waals surface area contributed by atoms with Crippen LogP contribution >= 0.6 is 23.2 Å². The highest BCUT2D eigenvalue weighted by Gasteiger charge is 2.21. The number of halogens is 2. The number of carboxylic acids is 1. The molecule has 6 rings (SSSR count). The van der Waals surface area contributed by atoms with Gasteiger partial charge in [0.05, 0.1) is 15.6 Å². The number of nitrogens with two attached hydrogens (primary N) is 2. The van der Waals surface area contributed by atoms with Gasteiger partial charge in [0.2, 0.25) is 20.0 Å². The van der Waals surface area contributed by atoms with Gasteiger partial charge in [0.15, 0.2) is 11.6 Å². The number of carboxylic acid groups (broad SMARTS) is 1. The summed E-state index contributed by atoms with van der Waals surface area (Å²) in [6, 6.07) is 19.2. The van der Waals surface area contributed by atoms with E-state index in [1.165, 1.54) is 74.5 Å². The first-order valence-corrected chi connectivity index (χ1v) is 20.0. The summed E-state index contributed by atoms with van der Waals surface area (Å²) >= 11 is 11.6. The number of carbonyl (C=O) groups is 4. The number of benzene rings is 4. The molecular weight excluding hydrogens is 779 g/mol. The van der Waals surface area contributed by atoms with Crippen LogP contribution in [-0.2, 0) is 20.0 Å². The predicted octanol–water partition coefficient (Wildman–Crippen LogP) is 5.38. The first-order valence-electron chi connectivity index (χ1n) is 16.1. The molecule has 288 valence electrons. The third-order valence-corrected chi connectivity index (χ3v) is 10.9. The standard InChI is InChI=1S/C18H17ClN2O4S.C14H10ClNO5S.C4H9N.CH4/c19-15-8-7-14(11-16(15)26(20,24)25)17(22)12-3-5-13(6-4-12)18(23)21-9-1-2-10-21;15-11-6-5-10(7-12(11)22(16,20)21)13(17)8-1-3-9(4-2-8)14(18)19;1-2-4-5-3-1;/h3-8,11H,1-2,9-10H2,(H2,20,24,25);1-7H,(H,18,19)(H2,16,20,21);5H,1-4H2;1H4. The lowest BCUT2D eigenvalue weighted by molar-refractivity contribution is 0.0695. The Balaban J connectivity index is 0.000000255. The van der Waals surface area contributed by atoms with Crippen molar-refractivity contribution < 1.29 is 41.1 Å². The molecule has 0 radical (unpaired) electrons. The van der Waals surface area contributed by atoms with Crippen LogP contribution in [0.3, 0.4) is 0 Å². The van der Waals surface area contributed by atoms with Crippen LogP contribution in [0, 0.1) is 0 Å². The molecule has 54 heavy (non-hydrogen) atoms. The van der Waals surface area contributed by atoms with Crippen LogP contribution in [0.15, 0.2) is 94.7 Å². The minimum Gasteiger partial charge on any atom is -0.478 e. The molecule has 0 aliphatic carbocycles. The van der Waals surface area contributed by atoms with Gasteiger partial charge in [0.25, 0.3) is 5.91 Å². The first-order chi connectivity index (χ1) is 25.0. The van der Waals surface area contributed by atoms with Crippen molar-refractivity contribution in [1.29, 1.82) is 0 Å². The van der Waals surface area contributed by atoms with Crippen molar-refractivity contribution in [2.75, 3.05) is 26.2 Å². The van der Waals surface area contributed by atoms with Crippen LogP contribution < -0.4 is 15.6 Å². The number of primary sulfonamides is 2. The number of hydrogen-bond acceptors (Lipinski definition) is 9. The molecule has 0 aromatic heterocycles. The van der Waals surface area contributed by atoms with Crippen molar-refractivity contribution in [3.8, 4) is 0 Å². The molecule has 0 saturated carbocycles. The molecule has 13 nitrogen and oxygen atoms in total. The van der Waals surface area contributed by atoms with Crippen LogP contribution in [0.4, 0.5) is 0 Å². The lowest BCUT2D eigenvalue weighted by Crippen LogP contribution is -2.27. The number of likely N-dealkylation sites (tertiary alicyclic amines) is 1. The van der Waals surface area contributed by atoms with Crippen LogP contribution in [0.25, 0.3) is 0 Å². The topological polar surface area (TPSA) is 224 Å². The summed E-state index contributed by atoms with van der Waals surface area (Å²) in [5.74, 6) is -2.02. The van der Waals surface area contributed by atoms with Gasteiger partial charge in [-0.25, -0.2) is 31.9 Å². The molecule has 0 spiro atoms. The van der Waals surface area contributed by atoms with Gasteiger partial charge in [-0.05, 0) is 99.4 Å². The van der Waals surface area contributed by atoms with E-state index in [1.54, 1.807) is 29.2 Å². The number of sulfonamides is 2. The Bertz CT molecular complexity index is 2210. The third-order valence-electron chi connectivity index (χ3n) is 8.14. The lowest BCUT2D eigenvalue weighted by atomic mass is 10.0. The molecule has 4 aromatic carbocycles. The molecule has 0 bridgehead atoms. The second-order valence-corrected chi connectivity index (χ2v) is 15.8. The molecule has 4 aromatic rings. The number of nitrogens with one attached hydrogen (secondary N) is 1. The zero-order chi connectivity index (χ0) is 38.9. The maximum atomic E-state index is 12.6. The Morgan fingerprint density at radius 1 is 0.574 bits per heavy atom. The number of aromatic carboxylic acids is 1. The maximum Gasteiger partial charge on any atom is 0.335 e. The number of nitrogens with zero attached hydrogens (tertiary/aromatic N) is 1. The molecule has 1 amide bonds. The predicted molar refractivity (Wildman–Crippen MR) is 206 cm³/mol. The quantitative estimate of drug-likeness (QED) is 0.166. The molecule has 2 fully saturated rings. The Kier molecular flexibility index (Phi) is 15.6. The number of hydrogen-bond donors (Lipinski definition) is 4. The number of carbonyl (C=O) groups excluding carboxylic acids is 3. The lowest BCUT2D eigenvalue weighted by Gasteiger charge is -2.15. The van der Waals surface area contributed by atoms with E-state index in [-0.39, 0.29) is 61.2 Å². The van der Waals surface area contributed by atoms with Crippen LogP contribution in [0.2, 0.25) is 10.0 Å². The Morgan fingerprint density at radius 3 is 1.26 bits per heavy atom. The number of rotatable bonds is 8. The van der Waals surface area contributed by atoms with Gasteiger partial charge in [0.1, 0.15) is 9.79 Å². The van der Waals surface area contributed by atoms with Gasteiger partial charge in [-0.2, -0.15) is 0 Å². The monoisotopic (exact) mass is 818 g/mol. The fraction of sp³-hybridized carbons (Fsp3) is 0.243. The van der Waals surface area contributed by atoms with Crippen molar-refractivity contribution in [3.05, 3.63) is 128 Å². The minimum absolute atomic E-state index is 0. The molecule has 2 aliphatic rings. The van der Waals surface area contributed by atoms with E-state index >= 15 is 0 Å². The van der Waals surface area contributed by atoms with Crippen molar-refractivity contribution in [1.82, 2.24) is 10.2 Å². The van der Waals surface area contributed by atoms with Gasteiger partial charge in [0, 0.05) is 40.9 Å².